The molecule has 0 saturated heterocycles. The number of pyridine rings is 3. The summed E-state index contributed by atoms with van der Waals surface area (Å²) in [6.45, 7) is 5.04. The van der Waals surface area contributed by atoms with Crippen molar-refractivity contribution in [2.24, 2.45) is 5.92 Å². The summed E-state index contributed by atoms with van der Waals surface area (Å²) in [7, 11) is 0. The Balaban J connectivity index is 0.000000315. The van der Waals surface area contributed by atoms with Gasteiger partial charge < -0.3 is 14.4 Å². The van der Waals surface area contributed by atoms with E-state index in [9.17, 15) is 0 Å². The van der Waals surface area contributed by atoms with Gasteiger partial charge in [0.2, 0.25) is 5.71 Å². The topological polar surface area (TPSA) is 51.8 Å². The Kier molecular flexibility index (Phi) is 8.10. The maximum Gasteiger partial charge on any atom is 0.216 e. The molecule has 1 radical (unpaired) electrons. The molecule has 5 heteroatoms. The molecule has 227 valence electrons. The second-order valence-electron chi connectivity index (χ2n) is 10.9. The van der Waals surface area contributed by atoms with Gasteiger partial charge in [-0.25, -0.2) is 4.98 Å². The fourth-order valence-corrected chi connectivity index (χ4v) is 5.26. The van der Waals surface area contributed by atoms with Crippen molar-refractivity contribution in [1.29, 1.82) is 0 Å². The number of aryl methyl sites for hydroxylation is 3. The summed E-state index contributed by atoms with van der Waals surface area (Å²) in [6.07, 6.45) is 1.28. The molecule has 0 fully saturated rings. The predicted octanol–water partition coefficient (Wildman–Crippen LogP) is 10.2. The van der Waals surface area contributed by atoms with Crippen LogP contribution in [0.4, 0.5) is 0 Å². The molecule has 0 atom stereocenters. The number of aromatic nitrogens is 3. The van der Waals surface area contributed by atoms with E-state index < -0.39 is 19.1 Å². The molecule has 0 spiro atoms. The summed E-state index contributed by atoms with van der Waals surface area (Å²) in [4.78, 5) is 13.5. The van der Waals surface area contributed by atoms with E-state index in [1.165, 1.54) is 12.3 Å². The average Bonchev–Trinajstić information content (AvgIpc) is 3.47. The van der Waals surface area contributed by atoms with Crippen LogP contribution < -0.4 is 0 Å². The van der Waals surface area contributed by atoms with Crippen molar-refractivity contribution in [2.45, 2.75) is 40.9 Å². The van der Waals surface area contributed by atoms with E-state index in [1.807, 2.05) is 66.7 Å². The molecule has 7 rings (SSSR count). The Morgan fingerprint density at radius 2 is 1.62 bits per heavy atom. The first-order valence-corrected chi connectivity index (χ1v) is 14.6. The van der Waals surface area contributed by atoms with Crippen LogP contribution in [0.15, 0.2) is 108 Å². The first-order valence-electron chi connectivity index (χ1n) is 17.1. The molecule has 45 heavy (non-hydrogen) atoms. The van der Waals surface area contributed by atoms with Crippen LogP contribution in [-0.2, 0) is 26.5 Å². The van der Waals surface area contributed by atoms with Crippen molar-refractivity contribution in [3.63, 3.8) is 0 Å². The standard InChI is InChI=1S/C29H27N2O.C11H8N.Ir/c1-17(2)14-21-16-30-26(15-20(21)5)24-11-7-10-22-23-12-13-25(31-29(23)32-28(22)24)27-18(3)8-6-9-19(27)4;1-2-6-10(7-3-1)11-8-4-5-9-12-11;/h6-10,12-13,15-17H,14H2,1-5H3;1-6,8-9H;/q2*-1;/i5D3,14D2;;. The van der Waals surface area contributed by atoms with Gasteiger partial charge in [-0.2, -0.15) is 0 Å². The van der Waals surface area contributed by atoms with Gasteiger partial charge in [0.15, 0.2) is 0 Å². The quantitative estimate of drug-likeness (QED) is 0.164. The van der Waals surface area contributed by atoms with Gasteiger partial charge in [-0.05, 0) is 79.3 Å². The van der Waals surface area contributed by atoms with E-state index in [1.54, 1.807) is 26.1 Å². The Bertz CT molecular complexity index is 2190. The summed E-state index contributed by atoms with van der Waals surface area (Å²) in [5.74, 6) is -0.427. The third-order valence-electron chi connectivity index (χ3n) is 7.29. The average molecular weight is 771 g/mol. The number of furan rings is 1. The fourth-order valence-electron chi connectivity index (χ4n) is 5.26. The molecule has 0 N–H and O–H groups in total. The minimum Gasteiger partial charge on any atom is -0.486 e. The molecule has 0 amide bonds. The van der Waals surface area contributed by atoms with E-state index in [0.29, 0.717) is 22.6 Å². The SMILES string of the molecule is [2H]C([2H])([2H])c1cc(-c2[c-]ccc3c2oc2nc(-c4c(C)cccc4C)ccc23)ncc1C([2H])([2H])C(C)C.[Ir].[c-]1ccccc1-c1ccccn1. The first-order chi connectivity index (χ1) is 23.4. The second-order valence-corrected chi connectivity index (χ2v) is 10.9. The molecule has 0 unspecified atom stereocenters. The Labute approximate surface area is 286 Å². The van der Waals surface area contributed by atoms with Crippen LogP contribution in [0.3, 0.4) is 0 Å². The van der Waals surface area contributed by atoms with Crippen molar-refractivity contribution in [2.75, 3.05) is 0 Å². The Hall–Kier alpha value is -4.44. The number of hydrogen-bond acceptors (Lipinski definition) is 4. The molecule has 4 heterocycles. The van der Waals surface area contributed by atoms with Crippen molar-refractivity contribution in [1.82, 2.24) is 15.0 Å². The van der Waals surface area contributed by atoms with Crippen molar-refractivity contribution in [3.8, 4) is 33.8 Å². The van der Waals surface area contributed by atoms with Crippen LogP contribution in [0.1, 0.15) is 43.0 Å². The van der Waals surface area contributed by atoms with Crippen molar-refractivity contribution >= 4 is 22.1 Å². The van der Waals surface area contributed by atoms with Crippen LogP contribution in [0.2, 0.25) is 0 Å². The minimum atomic E-state index is -2.51. The maximum atomic E-state index is 8.49. The summed E-state index contributed by atoms with van der Waals surface area (Å²) in [5.41, 5.74) is 7.99. The van der Waals surface area contributed by atoms with Gasteiger partial charge in [0, 0.05) is 50.3 Å². The van der Waals surface area contributed by atoms with Crippen LogP contribution in [0, 0.1) is 38.8 Å². The third-order valence-corrected chi connectivity index (χ3v) is 7.29. The van der Waals surface area contributed by atoms with Gasteiger partial charge in [0.25, 0.3) is 0 Å². The van der Waals surface area contributed by atoms with Gasteiger partial charge >= 0.3 is 0 Å². The van der Waals surface area contributed by atoms with Crippen LogP contribution in [0.25, 0.3) is 55.8 Å². The normalized spacial score (nSPS) is 13.1. The molecule has 0 aliphatic carbocycles. The Morgan fingerprint density at radius 1 is 0.800 bits per heavy atom. The molecule has 4 aromatic heterocycles. The van der Waals surface area contributed by atoms with Crippen LogP contribution >= 0.6 is 0 Å². The zero-order valence-corrected chi connectivity index (χ0v) is 27.9. The van der Waals surface area contributed by atoms with Gasteiger partial charge in [0.1, 0.15) is 0 Å². The molecule has 3 aromatic carbocycles. The molecule has 7 aromatic rings. The molecule has 4 nitrogen and oxygen atoms in total. The molecule has 0 saturated carbocycles. The van der Waals surface area contributed by atoms with Crippen LogP contribution in [0.5, 0.6) is 0 Å². The number of benzene rings is 3. The monoisotopic (exact) mass is 771 g/mol. The molecule has 0 bridgehead atoms. The van der Waals surface area contributed by atoms with E-state index in [4.69, 9.17) is 16.3 Å². The minimum absolute atomic E-state index is 0. The van der Waals surface area contributed by atoms with Gasteiger partial charge in [-0.15, -0.1) is 54.1 Å². The summed E-state index contributed by atoms with van der Waals surface area (Å²) >= 11 is 0. The maximum absolute atomic E-state index is 8.49. The molecule has 0 aliphatic rings. The van der Waals surface area contributed by atoms with Crippen LogP contribution in [-0.4, -0.2) is 15.0 Å². The van der Waals surface area contributed by atoms with Gasteiger partial charge in [-0.3, -0.25) is 0 Å². The largest absolute Gasteiger partial charge is 0.486 e. The van der Waals surface area contributed by atoms with E-state index >= 15 is 0 Å². The van der Waals surface area contributed by atoms with Crippen molar-refractivity contribution < 1.29 is 31.4 Å². The summed E-state index contributed by atoms with van der Waals surface area (Å²) in [5, 5.41) is 1.66. The van der Waals surface area contributed by atoms with Gasteiger partial charge in [0.05, 0.1) is 11.3 Å². The number of rotatable bonds is 5. The zero-order chi connectivity index (χ0) is 34.9. The Morgan fingerprint density at radius 3 is 2.33 bits per heavy atom. The zero-order valence-electron chi connectivity index (χ0n) is 30.5. The molecular formula is C40H35IrN3O-2. The van der Waals surface area contributed by atoms with E-state index in [2.05, 4.69) is 48.1 Å². The first kappa shape index (κ1) is 25.8. The van der Waals surface area contributed by atoms with Crippen molar-refractivity contribution in [3.05, 3.63) is 138 Å². The second kappa shape index (κ2) is 14.1. The smallest absolute Gasteiger partial charge is 0.216 e. The summed E-state index contributed by atoms with van der Waals surface area (Å²) in [6, 6.07) is 35.2. The fraction of sp³-hybridized carbons (Fsp3) is 0.175. The molecular weight excluding hydrogens is 731 g/mol. The van der Waals surface area contributed by atoms with Gasteiger partial charge in [-0.1, -0.05) is 66.8 Å². The number of hydrogen-bond donors (Lipinski definition) is 0. The van der Waals surface area contributed by atoms with E-state index in [0.717, 1.165) is 44.4 Å². The number of nitrogens with zero attached hydrogens (tertiary/aromatic N) is 3. The predicted molar refractivity (Wildman–Crippen MR) is 180 cm³/mol. The number of fused-ring (bicyclic) bond motifs is 3. The molecule has 0 aliphatic heterocycles. The van der Waals surface area contributed by atoms with E-state index in [-0.39, 0.29) is 31.2 Å². The third kappa shape index (κ3) is 6.96. The summed E-state index contributed by atoms with van der Waals surface area (Å²) < 4.78 is 47.5.